The number of nitrogens with one attached hydrogen (secondary N) is 1. The molecule has 0 aromatic heterocycles. The van der Waals surface area contributed by atoms with E-state index in [1.54, 1.807) is 7.11 Å². The topological polar surface area (TPSA) is 73.6 Å². The molecule has 1 amide bonds. The molecule has 106 valence electrons. The van der Waals surface area contributed by atoms with Gasteiger partial charge in [-0.3, -0.25) is 10.2 Å². The maximum Gasteiger partial charge on any atom is 0.233 e. The average Bonchev–Trinajstić information content (AvgIpc) is 2.46. The number of rotatable bonds is 9. The number of nitrogens with two attached hydrogens (primary N) is 1. The molecule has 5 nitrogen and oxygen atoms in total. The van der Waals surface area contributed by atoms with Gasteiger partial charge in [0.15, 0.2) is 0 Å². The van der Waals surface area contributed by atoms with Crippen molar-refractivity contribution >= 4 is 5.91 Å². The number of benzene rings is 1. The van der Waals surface area contributed by atoms with E-state index in [2.05, 4.69) is 5.43 Å². The second-order valence-electron chi connectivity index (χ2n) is 4.28. The van der Waals surface area contributed by atoms with Gasteiger partial charge in [-0.15, -0.1) is 0 Å². The molecular weight excluding hydrogens is 244 g/mol. The lowest BCUT2D eigenvalue weighted by molar-refractivity contribution is -0.121. The average molecular weight is 266 g/mol. The second-order valence-corrected chi connectivity index (χ2v) is 4.28. The molecule has 0 atom stereocenters. The molecule has 0 unspecified atom stereocenters. The summed E-state index contributed by atoms with van der Waals surface area (Å²) in [4.78, 5) is 10.9. The lowest BCUT2D eigenvalue weighted by Crippen LogP contribution is -2.29. The van der Waals surface area contributed by atoms with Crippen LogP contribution in [0.3, 0.4) is 0 Å². The highest BCUT2D eigenvalue weighted by Crippen LogP contribution is 2.13. The van der Waals surface area contributed by atoms with E-state index in [0.717, 1.165) is 30.6 Å². The monoisotopic (exact) mass is 266 g/mol. The highest BCUT2D eigenvalue weighted by molar-refractivity contribution is 5.74. The third-order valence-electron chi connectivity index (χ3n) is 2.76. The molecule has 5 heteroatoms. The molecule has 1 rings (SSSR count). The van der Waals surface area contributed by atoms with Crippen molar-refractivity contribution < 1.29 is 14.3 Å². The fraction of sp³-hybridized carbons (Fsp3) is 0.500. The highest BCUT2D eigenvalue weighted by atomic mass is 16.5. The molecule has 0 aliphatic carbocycles. The Morgan fingerprint density at radius 1 is 1.32 bits per heavy atom. The van der Waals surface area contributed by atoms with Gasteiger partial charge in [0.1, 0.15) is 5.75 Å². The van der Waals surface area contributed by atoms with Crippen LogP contribution in [0.1, 0.15) is 31.2 Å². The molecule has 0 aliphatic heterocycles. The van der Waals surface area contributed by atoms with Crippen molar-refractivity contribution in [3.05, 3.63) is 29.8 Å². The van der Waals surface area contributed by atoms with Gasteiger partial charge in [0, 0.05) is 13.0 Å². The first-order valence-corrected chi connectivity index (χ1v) is 6.46. The molecule has 0 saturated heterocycles. The second kappa shape index (κ2) is 9.35. The molecule has 0 spiro atoms. The normalized spacial score (nSPS) is 10.2. The molecule has 0 bridgehead atoms. The summed E-state index contributed by atoms with van der Waals surface area (Å²) in [6.07, 6.45) is 3.23. The van der Waals surface area contributed by atoms with E-state index in [1.165, 1.54) is 0 Å². The van der Waals surface area contributed by atoms with Crippen LogP contribution in [-0.4, -0.2) is 19.6 Å². The van der Waals surface area contributed by atoms with Crippen molar-refractivity contribution in [3.63, 3.8) is 0 Å². The molecule has 0 radical (unpaired) electrons. The molecular formula is C14H22N2O3. The van der Waals surface area contributed by atoms with Gasteiger partial charge in [-0.1, -0.05) is 18.6 Å². The van der Waals surface area contributed by atoms with Gasteiger partial charge in [-0.05, 0) is 30.5 Å². The SMILES string of the molecule is COc1cccc(COCCCCCC(=O)NN)c1. The molecule has 1 aromatic rings. The van der Waals surface area contributed by atoms with Crippen molar-refractivity contribution in [2.24, 2.45) is 5.84 Å². The van der Waals surface area contributed by atoms with Gasteiger partial charge in [-0.25, -0.2) is 5.84 Å². The number of ether oxygens (including phenoxy) is 2. The minimum absolute atomic E-state index is 0.114. The minimum atomic E-state index is -0.114. The highest BCUT2D eigenvalue weighted by Gasteiger charge is 1.99. The van der Waals surface area contributed by atoms with Crippen LogP contribution in [0, 0.1) is 0 Å². The number of hydrogen-bond acceptors (Lipinski definition) is 4. The maximum absolute atomic E-state index is 10.9. The number of unbranched alkanes of at least 4 members (excludes halogenated alkanes) is 2. The predicted octanol–water partition coefficient (Wildman–Crippen LogP) is 1.76. The van der Waals surface area contributed by atoms with Crippen LogP contribution in [0.25, 0.3) is 0 Å². The summed E-state index contributed by atoms with van der Waals surface area (Å²) in [5.41, 5.74) is 3.22. The Hall–Kier alpha value is -1.59. The summed E-state index contributed by atoms with van der Waals surface area (Å²) in [5.74, 6) is 5.72. The van der Waals surface area contributed by atoms with Gasteiger partial charge >= 0.3 is 0 Å². The zero-order valence-corrected chi connectivity index (χ0v) is 11.4. The Kier molecular flexibility index (Phi) is 7.62. The van der Waals surface area contributed by atoms with Crippen LogP contribution in [0.2, 0.25) is 0 Å². The first-order valence-electron chi connectivity index (χ1n) is 6.46. The molecule has 0 aliphatic rings. The van der Waals surface area contributed by atoms with Crippen LogP contribution >= 0.6 is 0 Å². The van der Waals surface area contributed by atoms with E-state index in [4.69, 9.17) is 15.3 Å². The number of carbonyl (C=O) groups is 1. The predicted molar refractivity (Wildman–Crippen MR) is 73.4 cm³/mol. The molecule has 0 saturated carbocycles. The first-order chi connectivity index (χ1) is 9.26. The van der Waals surface area contributed by atoms with E-state index in [1.807, 2.05) is 24.3 Å². The van der Waals surface area contributed by atoms with Crippen LogP contribution in [0.5, 0.6) is 5.75 Å². The Morgan fingerprint density at radius 3 is 2.89 bits per heavy atom. The van der Waals surface area contributed by atoms with Crippen LogP contribution in [0.4, 0.5) is 0 Å². The minimum Gasteiger partial charge on any atom is -0.497 e. The van der Waals surface area contributed by atoms with Gasteiger partial charge in [-0.2, -0.15) is 0 Å². The van der Waals surface area contributed by atoms with E-state index in [0.29, 0.717) is 19.6 Å². The number of carbonyl (C=O) groups excluding carboxylic acids is 1. The van der Waals surface area contributed by atoms with Crippen molar-refractivity contribution in [2.45, 2.75) is 32.3 Å². The standard InChI is InChI=1S/C14H22N2O3/c1-18-13-7-5-6-12(10-13)11-19-9-4-2-3-8-14(17)16-15/h5-7,10H,2-4,8-9,11,15H2,1H3,(H,16,17). The van der Waals surface area contributed by atoms with Crippen molar-refractivity contribution in [1.82, 2.24) is 5.43 Å². The van der Waals surface area contributed by atoms with Gasteiger partial charge in [0.2, 0.25) is 5.91 Å². The Morgan fingerprint density at radius 2 is 2.16 bits per heavy atom. The van der Waals surface area contributed by atoms with Gasteiger partial charge < -0.3 is 9.47 Å². The fourth-order valence-corrected chi connectivity index (χ4v) is 1.69. The summed E-state index contributed by atoms with van der Waals surface area (Å²) in [6, 6.07) is 7.83. The Bertz CT molecular complexity index is 383. The summed E-state index contributed by atoms with van der Waals surface area (Å²) >= 11 is 0. The van der Waals surface area contributed by atoms with E-state index in [-0.39, 0.29) is 5.91 Å². The van der Waals surface area contributed by atoms with Crippen molar-refractivity contribution in [3.8, 4) is 5.75 Å². The smallest absolute Gasteiger partial charge is 0.233 e. The maximum atomic E-state index is 10.9. The van der Waals surface area contributed by atoms with Crippen LogP contribution in [-0.2, 0) is 16.1 Å². The van der Waals surface area contributed by atoms with E-state index in [9.17, 15) is 4.79 Å². The van der Waals surface area contributed by atoms with Crippen molar-refractivity contribution in [2.75, 3.05) is 13.7 Å². The number of hydrazine groups is 1. The Labute approximate surface area is 114 Å². The lowest BCUT2D eigenvalue weighted by Gasteiger charge is -2.06. The molecule has 19 heavy (non-hydrogen) atoms. The zero-order chi connectivity index (χ0) is 13.9. The van der Waals surface area contributed by atoms with E-state index >= 15 is 0 Å². The zero-order valence-electron chi connectivity index (χ0n) is 11.4. The number of amides is 1. The summed E-state index contributed by atoms with van der Waals surface area (Å²) in [7, 11) is 1.65. The molecule has 0 fully saturated rings. The third kappa shape index (κ3) is 6.79. The largest absolute Gasteiger partial charge is 0.497 e. The molecule has 0 heterocycles. The number of hydrogen-bond donors (Lipinski definition) is 2. The summed E-state index contributed by atoms with van der Waals surface area (Å²) < 4.78 is 10.7. The van der Waals surface area contributed by atoms with Crippen LogP contribution in [0.15, 0.2) is 24.3 Å². The summed E-state index contributed by atoms with van der Waals surface area (Å²) in [5, 5.41) is 0. The quantitative estimate of drug-likeness (QED) is 0.309. The fourth-order valence-electron chi connectivity index (χ4n) is 1.69. The molecule has 1 aromatic carbocycles. The van der Waals surface area contributed by atoms with Crippen LogP contribution < -0.4 is 16.0 Å². The van der Waals surface area contributed by atoms with E-state index < -0.39 is 0 Å². The van der Waals surface area contributed by atoms with Crippen molar-refractivity contribution in [1.29, 1.82) is 0 Å². The van der Waals surface area contributed by atoms with Gasteiger partial charge in [0.05, 0.1) is 13.7 Å². The van der Waals surface area contributed by atoms with Gasteiger partial charge in [0.25, 0.3) is 0 Å². The Balaban J connectivity index is 2.05. The third-order valence-corrected chi connectivity index (χ3v) is 2.76. The lowest BCUT2D eigenvalue weighted by atomic mass is 10.2. The molecule has 3 N–H and O–H groups in total. The first kappa shape index (κ1) is 15.5. The number of methoxy groups -OCH3 is 1. The summed E-state index contributed by atoms with van der Waals surface area (Å²) in [6.45, 7) is 1.28.